The topological polar surface area (TPSA) is 44.1 Å². The Morgan fingerprint density at radius 3 is 3.00 bits per heavy atom. The second kappa shape index (κ2) is 4.80. The molecule has 0 radical (unpaired) electrons. The standard InChI is InChI=1S/C13H14N2OS/c1-9(7-14)15(2)13(16)11-8-17-12-6-4-3-5-10(11)12/h3-6,9,11H,8H2,1-2H3. The lowest BCUT2D eigenvalue weighted by atomic mass is 9.99. The normalized spacial score (nSPS) is 19.2. The Balaban J connectivity index is 2.21. The van der Waals surface area contributed by atoms with Crippen molar-refractivity contribution in [3.05, 3.63) is 29.8 Å². The molecule has 0 aromatic heterocycles. The number of thioether (sulfide) groups is 1. The van der Waals surface area contributed by atoms with Gasteiger partial charge in [-0.25, -0.2) is 0 Å². The highest BCUT2D eigenvalue weighted by molar-refractivity contribution is 7.99. The summed E-state index contributed by atoms with van der Waals surface area (Å²) in [6.07, 6.45) is 0. The van der Waals surface area contributed by atoms with Crippen LogP contribution in [0.15, 0.2) is 29.2 Å². The molecule has 0 N–H and O–H groups in total. The molecule has 1 heterocycles. The highest BCUT2D eigenvalue weighted by Crippen LogP contribution is 2.40. The van der Waals surface area contributed by atoms with E-state index in [1.54, 1.807) is 25.7 Å². The van der Waals surface area contributed by atoms with Gasteiger partial charge in [-0.3, -0.25) is 4.79 Å². The van der Waals surface area contributed by atoms with Crippen LogP contribution in [-0.2, 0) is 4.79 Å². The molecule has 0 saturated carbocycles. The molecule has 1 aromatic carbocycles. The lowest BCUT2D eigenvalue weighted by molar-refractivity contribution is -0.131. The number of hydrogen-bond donors (Lipinski definition) is 0. The Bertz CT molecular complexity index is 481. The summed E-state index contributed by atoms with van der Waals surface area (Å²) < 4.78 is 0. The zero-order valence-corrected chi connectivity index (χ0v) is 10.7. The van der Waals surface area contributed by atoms with Gasteiger partial charge in [0, 0.05) is 17.7 Å². The van der Waals surface area contributed by atoms with Gasteiger partial charge in [-0.05, 0) is 18.6 Å². The molecule has 0 bridgehead atoms. The number of nitriles is 1. The van der Waals surface area contributed by atoms with Gasteiger partial charge in [0.1, 0.15) is 6.04 Å². The van der Waals surface area contributed by atoms with Crippen LogP contribution in [-0.4, -0.2) is 29.6 Å². The summed E-state index contributed by atoms with van der Waals surface area (Å²) in [6, 6.07) is 9.71. The first kappa shape index (κ1) is 12.0. The van der Waals surface area contributed by atoms with Crippen molar-refractivity contribution in [2.75, 3.05) is 12.8 Å². The van der Waals surface area contributed by atoms with Crippen molar-refractivity contribution in [3.8, 4) is 6.07 Å². The van der Waals surface area contributed by atoms with Crippen molar-refractivity contribution < 1.29 is 4.79 Å². The molecule has 4 heteroatoms. The number of rotatable bonds is 2. The average Bonchev–Trinajstić information content (AvgIpc) is 2.79. The third-order valence-electron chi connectivity index (χ3n) is 3.11. The summed E-state index contributed by atoms with van der Waals surface area (Å²) in [7, 11) is 1.70. The van der Waals surface area contributed by atoms with Crippen molar-refractivity contribution >= 4 is 17.7 Å². The van der Waals surface area contributed by atoms with E-state index >= 15 is 0 Å². The molecule has 2 rings (SSSR count). The molecular weight excluding hydrogens is 232 g/mol. The van der Waals surface area contributed by atoms with E-state index in [9.17, 15) is 4.79 Å². The van der Waals surface area contributed by atoms with Crippen molar-refractivity contribution in [2.24, 2.45) is 0 Å². The molecule has 2 atom stereocenters. The van der Waals surface area contributed by atoms with Gasteiger partial charge in [0.25, 0.3) is 0 Å². The maximum absolute atomic E-state index is 12.3. The van der Waals surface area contributed by atoms with Gasteiger partial charge >= 0.3 is 0 Å². The van der Waals surface area contributed by atoms with Crippen LogP contribution >= 0.6 is 11.8 Å². The van der Waals surface area contributed by atoms with Gasteiger partial charge in [-0.15, -0.1) is 11.8 Å². The van der Waals surface area contributed by atoms with E-state index in [-0.39, 0.29) is 17.9 Å². The fourth-order valence-corrected chi connectivity index (χ4v) is 3.11. The quantitative estimate of drug-likeness (QED) is 0.804. The molecule has 0 saturated heterocycles. The fraction of sp³-hybridized carbons (Fsp3) is 0.385. The van der Waals surface area contributed by atoms with E-state index in [1.807, 2.05) is 24.3 Å². The lowest BCUT2D eigenvalue weighted by Gasteiger charge is -2.23. The minimum Gasteiger partial charge on any atom is -0.329 e. The van der Waals surface area contributed by atoms with E-state index in [1.165, 1.54) is 9.80 Å². The SMILES string of the molecule is CC(C#N)N(C)C(=O)C1CSc2ccccc21. The molecule has 2 unspecified atom stereocenters. The van der Waals surface area contributed by atoms with Crippen molar-refractivity contribution in [2.45, 2.75) is 23.8 Å². The number of fused-ring (bicyclic) bond motifs is 1. The molecule has 0 aliphatic carbocycles. The van der Waals surface area contributed by atoms with Gasteiger partial charge in [0.05, 0.1) is 12.0 Å². The third-order valence-corrected chi connectivity index (χ3v) is 4.30. The summed E-state index contributed by atoms with van der Waals surface area (Å²) in [5.41, 5.74) is 1.10. The first-order valence-corrected chi connectivity index (χ1v) is 6.51. The van der Waals surface area contributed by atoms with E-state index in [2.05, 4.69) is 6.07 Å². The number of carbonyl (C=O) groups excluding carboxylic acids is 1. The first-order chi connectivity index (χ1) is 8.15. The van der Waals surface area contributed by atoms with Crippen LogP contribution in [0.2, 0.25) is 0 Å². The average molecular weight is 246 g/mol. The largest absolute Gasteiger partial charge is 0.329 e. The van der Waals surface area contributed by atoms with Gasteiger partial charge in [0.2, 0.25) is 5.91 Å². The Labute approximate surface area is 105 Å². The number of nitrogens with zero attached hydrogens (tertiary/aromatic N) is 2. The van der Waals surface area contributed by atoms with Crippen LogP contribution in [0.5, 0.6) is 0 Å². The summed E-state index contributed by atoms with van der Waals surface area (Å²) in [6.45, 7) is 1.74. The number of likely N-dealkylation sites (N-methyl/N-ethyl adjacent to an activating group) is 1. The smallest absolute Gasteiger partial charge is 0.231 e. The maximum Gasteiger partial charge on any atom is 0.231 e. The second-order valence-electron chi connectivity index (χ2n) is 4.16. The molecule has 1 aromatic rings. The van der Waals surface area contributed by atoms with Gasteiger partial charge in [-0.1, -0.05) is 18.2 Å². The Morgan fingerprint density at radius 1 is 1.59 bits per heavy atom. The van der Waals surface area contributed by atoms with Gasteiger partial charge < -0.3 is 4.90 Å². The van der Waals surface area contributed by atoms with E-state index in [0.29, 0.717) is 0 Å². The van der Waals surface area contributed by atoms with E-state index in [4.69, 9.17) is 5.26 Å². The first-order valence-electron chi connectivity index (χ1n) is 5.53. The number of carbonyl (C=O) groups is 1. The van der Waals surface area contributed by atoms with Crippen molar-refractivity contribution in [1.82, 2.24) is 4.90 Å². The molecule has 0 fully saturated rings. The fourth-order valence-electron chi connectivity index (χ4n) is 1.89. The van der Waals surface area contributed by atoms with Crippen molar-refractivity contribution in [1.29, 1.82) is 5.26 Å². The third kappa shape index (κ3) is 2.16. The molecule has 17 heavy (non-hydrogen) atoms. The molecule has 3 nitrogen and oxygen atoms in total. The van der Waals surface area contributed by atoms with Crippen LogP contribution in [0.25, 0.3) is 0 Å². The summed E-state index contributed by atoms with van der Waals surface area (Å²) in [4.78, 5) is 15.0. The van der Waals surface area contributed by atoms with Gasteiger partial charge in [-0.2, -0.15) is 5.26 Å². The molecule has 1 amide bonds. The highest BCUT2D eigenvalue weighted by atomic mass is 32.2. The predicted octanol–water partition coefficient (Wildman–Crippen LogP) is 2.25. The Kier molecular flexibility index (Phi) is 3.39. The second-order valence-corrected chi connectivity index (χ2v) is 5.22. The van der Waals surface area contributed by atoms with Crippen LogP contribution < -0.4 is 0 Å². The summed E-state index contributed by atoms with van der Waals surface area (Å²) in [5.74, 6) is 0.717. The van der Waals surface area contributed by atoms with Crippen LogP contribution in [0.3, 0.4) is 0 Å². The predicted molar refractivity (Wildman–Crippen MR) is 67.8 cm³/mol. The Morgan fingerprint density at radius 2 is 2.29 bits per heavy atom. The Hall–Kier alpha value is -1.47. The van der Waals surface area contributed by atoms with E-state index < -0.39 is 0 Å². The van der Waals surface area contributed by atoms with Crippen LogP contribution in [0.1, 0.15) is 18.4 Å². The summed E-state index contributed by atoms with van der Waals surface area (Å²) in [5, 5.41) is 8.84. The molecule has 0 spiro atoms. The minimum absolute atomic E-state index is 0.0384. The zero-order valence-electron chi connectivity index (χ0n) is 9.88. The highest BCUT2D eigenvalue weighted by Gasteiger charge is 2.32. The van der Waals surface area contributed by atoms with Crippen LogP contribution in [0, 0.1) is 11.3 Å². The van der Waals surface area contributed by atoms with E-state index in [0.717, 1.165) is 11.3 Å². The monoisotopic (exact) mass is 246 g/mol. The molecule has 1 aliphatic heterocycles. The zero-order chi connectivity index (χ0) is 12.4. The molecule has 1 aliphatic rings. The minimum atomic E-state index is -0.375. The number of amides is 1. The molecular formula is C13H14N2OS. The lowest BCUT2D eigenvalue weighted by Crippen LogP contribution is -2.37. The van der Waals surface area contributed by atoms with Crippen LogP contribution in [0.4, 0.5) is 0 Å². The maximum atomic E-state index is 12.3. The summed E-state index contributed by atoms with van der Waals surface area (Å²) >= 11 is 1.71. The van der Waals surface area contributed by atoms with Gasteiger partial charge in [0.15, 0.2) is 0 Å². The molecule has 88 valence electrons. The van der Waals surface area contributed by atoms with Crippen molar-refractivity contribution in [3.63, 3.8) is 0 Å². The number of benzene rings is 1. The number of hydrogen-bond acceptors (Lipinski definition) is 3.